The third-order valence-electron chi connectivity index (χ3n) is 7.32. The van der Waals surface area contributed by atoms with E-state index in [-0.39, 0.29) is 12.4 Å². The van der Waals surface area contributed by atoms with Crippen molar-refractivity contribution in [3.8, 4) is 0 Å². The minimum Gasteiger partial charge on any atom is -0.316 e. The Balaban J connectivity index is 0.00000392. The number of rotatable bonds is 4. The zero-order chi connectivity index (χ0) is 18.8. The van der Waals surface area contributed by atoms with Gasteiger partial charge in [-0.25, -0.2) is 0 Å². The minimum atomic E-state index is 0. The first-order chi connectivity index (χ1) is 13.4. The van der Waals surface area contributed by atoms with Gasteiger partial charge in [-0.05, 0) is 50.6 Å². The van der Waals surface area contributed by atoms with E-state index in [0.29, 0.717) is 0 Å². The van der Waals surface area contributed by atoms with Gasteiger partial charge in [0.05, 0.1) is 0 Å². The van der Waals surface area contributed by atoms with Crippen LogP contribution in [0.25, 0.3) is 0 Å². The number of halogens is 1. The van der Waals surface area contributed by atoms with Gasteiger partial charge in [0, 0.05) is 0 Å². The molecule has 0 aliphatic heterocycles. The average molecular weight is 414 g/mol. The highest BCUT2D eigenvalue weighted by molar-refractivity contribution is 5.85. The standard InChI is InChI=1S/C26H51N.ClH/c1-3-7-11-15-19-25(20-16-12-8-4-1)23-27-24-26-21-17-13-9-5-2-6-10-14-18-22-26;/h25-27H,1-24H2;1H. The summed E-state index contributed by atoms with van der Waals surface area (Å²) in [4.78, 5) is 0. The molecule has 0 unspecified atom stereocenters. The van der Waals surface area contributed by atoms with Crippen LogP contribution in [-0.4, -0.2) is 13.1 Å². The second-order valence-corrected chi connectivity index (χ2v) is 9.91. The predicted octanol–water partition coefficient (Wildman–Crippen LogP) is 8.84. The summed E-state index contributed by atoms with van der Waals surface area (Å²) in [5.41, 5.74) is 0. The topological polar surface area (TPSA) is 12.0 Å². The third kappa shape index (κ3) is 14.3. The maximum absolute atomic E-state index is 3.95. The number of nitrogens with one attached hydrogen (secondary N) is 1. The predicted molar refractivity (Wildman–Crippen MR) is 129 cm³/mol. The molecule has 0 bridgehead atoms. The fraction of sp³-hybridized carbons (Fsp3) is 1.00. The highest BCUT2D eigenvalue weighted by Crippen LogP contribution is 2.23. The van der Waals surface area contributed by atoms with E-state index in [4.69, 9.17) is 0 Å². The van der Waals surface area contributed by atoms with Gasteiger partial charge in [0.1, 0.15) is 0 Å². The van der Waals surface area contributed by atoms with Crippen LogP contribution in [0, 0.1) is 11.8 Å². The van der Waals surface area contributed by atoms with Crippen molar-refractivity contribution in [2.24, 2.45) is 11.8 Å². The highest BCUT2D eigenvalue weighted by atomic mass is 35.5. The van der Waals surface area contributed by atoms with Gasteiger partial charge >= 0.3 is 0 Å². The van der Waals surface area contributed by atoms with Crippen LogP contribution in [0.3, 0.4) is 0 Å². The fourth-order valence-electron chi connectivity index (χ4n) is 5.40. The number of hydrogen-bond acceptors (Lipinski definition) is 1. The Hall–Kier alpha value is 0.250. The molecule has 168 valence electrons. The molecule has 2 aliphatic rings. The lowest BCUT2D eigenvalue weighted by Crippen LogP contribution is -2.28. The summed E-state index contributed by atoms with van der Waals surface area (Å²) in [7, 11) is 0. The van der Waals surface area contributed by atoms with Crippen LogP contribution in [0.2, 0.25) is 0 Å². The Bertz CT molecular complexity index is 266. The molecular formula is C26H52ClN. The molecule has 0 aromatic heterocycles. The van der Waals surface area contributed by atoms with Crippen molar-refractivity contribution in [3.63, 3.8) is 0 Å². The summed E-state index contributed by atoms with van der Waals surface area (Å²) in [6, 6.07) is 0. The molecule has 0 aromatic carbocycles. The fourth-order valence-corrected chi connectivity index (χ4v) is 5.40. The third-order valence-corrected chi connectivity index (χ3v) is 7.32. The van der Waals surface area contributed by atoms with E-state index in [2.05, 4.69) is 5.32 Å². The van der Waals surface area contributed by atoms with Gasteiger partial charge in [-0.1, -0.05) is 116 Å². The van der Waals surface area contributed by atoms with Crippen LogP contribution in [-0.2, 0) is 0 Å². The average Bonchev–Trinajstić information content (AvgIpc) is 2.65. The van der Waals surface area contributed by atoms with Crippen LogP contribution in [0.15, 0.2) is 0 Å². The van der Waals surface area contributed by atoms with Gasteiger partial charge in [0.15, 0.2) is 0 Å². The molecule has 0 atom stereocenters. The van der Waals surface area contributed by atoms with Crippen molar-refractivity contribution >= 4 is 12.4 Å². The van der Waals surface area contributed by atoms with Gasteiger partial charge in [-0.15, -0.1) is 12.4 Å². The van der Waals surface area contributed by atoms with Crippen molar-refractivity contribution in [1.29, 1.82) is 0 Å². The summed E-state index contributed by atoms with van der Waals surface area (Å²) >= 11 is 0. The molecule has 0 amide bonds. The van der Waals surface area contributed by atoms with E-state index in [1.807, 2.05) is 0 Å². The van der Waals surface area contributed by atoms with Crippen molar-refractivity contribution in [2.75, 3.05) is 13.1 Å². The second kappa shape index (κ2) is 19.2. The Labute approximate surface area is 184 Å². The molecule has 28 heavy (non-hydrogen) atoms. The molecule has 0 heterocycles. The van der Waals surface area contributed by atoms with Crippen molar-refractivity contribution in [1.82, 2.24) is 5.32 Å². The van der Waals surface area contributed by atoms with Gasteiger partial charge in [-0.3, -0.25) is 0 Å². The summed E-state index contributed by atoms with van der Waals surface area (Å²) in [5, 5.41) is 3.95. The van der Waals surface area contributed by atoms with Gasteiger partial charge in [-0.2, -0.15) is 0 Å². The highest BCUT2D eigenvalue weighted by Gasteiger charge is 2.13. The van der Waals surface area contributed by atoms with Gasteiger partial charge in [0.2, 0.25) is 0 Å². The van der Waals surface area contributed by atoms with E-state index in [9.17, 15) is 0 Å². The molecule has 0 radical (unpaired) electrons. The van der Waals surface area contributed by atoms with E-state index < -0.39 is 0 Å². The largest absolute Gasteiger partial charge is 0.316 e. The van der Waals surface area contributed by atoms with Crippen LogP contribution in [0.5, 0.6) is 0 Å². The van der Waals surface area contributed by atoms with Crippen molar-refractivity contribution < 1.29 is 0 Å². The van der Waals surface area contributed by atoms with E-state index in [1.54, 1.807) is 0 Å². The van der Waals surface area contributed by atoms with Gasteiger partial charge in [0.25, 0.3) is 0 Å². The number of hydrogen-bond donors (Lipinski definition) is 1. The molecule has 0 spiro atoms. The van der Waals surface area contributed by atoms with E-state index in [0.717, 1.165) is 11.8 Å². The van der Waals surface area contributed by atoms with Crippen molar-refractivity contribution in [2.45, 2.75) is 141 Å². The Morgan fingerprint density at radius 1 is 0.357 bits per heavy atom. The first kappa shape index (κ1) is 26.3. The zero-order valence-corrected chi connectivity index (χ0v) is 19.9. The molecule has 0 saturated heterocycles. The SMILES string of the molecule is C1CCCCCC(CNCC2CCCCCCCCCCC2)CCCCC1.Cl. The summed E-state index contributed by atoms with van der Waals surface area (Å²) in [6.45, 7) is 2.60. The monoisotopic (exact) mass is 413 g/mol. The first-order valence-corrected chi connectivity index (χ1v) is 13.2. The zero-order valence-electron chi connectivity index (χ0n) is 19.0. The Morgan fingerprint density at radius 2 is 0.571 bits per heavy atom. The molecule has 2 saturated carbocycles. The summed E-state index contributed by atoms with van der Waals surface area (Å²) in [6.07, 6.45) is 32.7. The van der Waals surface area contributed by atoms with Crippen LogP contribution >= 0.6 is 12.4 Å². The lowest BCUT2D eigenvalue weighted by molar-refractivity contribution is 0.337. The lowest BCUT2D eigenvalue weighted by atomic mass is 9.91. The normalized spacial score (nSPS) is 24.0. The second-order valence-electron chi connectivity index (χ2n) is 9.91. The molecule has 1 N–H and O–H groups in total. The first-order valence-electron chi connectivity index (χ1n) is 13.2. The molecule has 1 nitrogen and oxygen atoms in total. The van der Waals surface area contributed by atoms with E-state index >= 15 is 0 Å². The molecule has 0 aromatic rings. The van der Waals surface area contributed by atoms with Crippen LogP contribution in [0.1, 0.15) is 141 Å². The Morgan fingerprint density at radius 3 is 0.821 bits per heavy atom. The summed E-state index contributed by atoms with van der Waals surface area (Å²) < 4.78 is 0. The molecule has 2 fully saturated rings. The molecule has 2 aliphatic carbocycles. The molecular weight excluding hydrogens is 362 g/mol. The summed E-state index contributed by atoms with van der Waals surface area (Å²) in [5.74, 6) is 1.91. The Kier molecular flexibility index (Phi) is 18.1. The maximum Gasteiger partial charge on any atom is -0.00204 e. The molecule has 2 heteroatoms. The quantitative estimate of drug-likeness (QED) is 0.485. The van der Waals surface area contributed by atoms with Gasteiger partial charge < -0.3 is 5.32 Å². The lowest BCUT2D eigenvalue weighted by Gasteiger charge is -2.22. The smallest absolute Gasteiger partial charge is 0.00204 e. The maximum atomic E-state index is 3.95. The van der Waals surface area contributed by atoms with Crippen molar-refractivity contribution in [3.05, 3.63) is 0 Å². The van der Waals surface area contributed by atoms with Crippen LogP contribution in [0.4, 0.5) is 0 Å². The van der Waals surface area contributed by atoms with E-state index in [1.165, 1.54) is 154 Å². The molecule has 2 rings (SSSR count). The van der Waals surface area contributed by atoms with Crippen LogP contribution < -0.4 is 5.32 Å². The minimum absolute atomic E-state index is 0.